The van der Waals surface area contributed by atoms with Crippen molar-refractivity contribution in [3.63, 3.8) is 0 Å². The summed E-state index contributed by atoms with van der Waals surface area (Å²) in [5.74, 6) is 1.23. The Balaban J connectivity index is 1.13. The summed E-state index contributed by atoms with van der Waals surface area (Å²) in [6.45, 7) is 4.20. The molecule has 0 unspecified atom stereocenters. The average Bonchev–Trinajstić information content (AvgIpc) is 3.90. The molecule has 0 radical (unpaired) electrons. The van der Waals surface area contributed by atoms with Gasteiger partial charge < -0.3 is 9.13 Å². The van der Waals surface area contributed by atoms with Crippen LogP contribution in [0.3, 0.4) is 0 Å². The van der Waals surface area contributed by atoms with Crippen molar-refractivity contribution in [3.05, 3.63) is 222 Å². The first-order chi connectivity index (χ1) is 33.4. The minimum atomic E-state index is 0.388. The van der Waals surface area contributed by atoms with Crippen LogP contribution in [0.15, 0.2) is 200 Å². The predicted molar refractivity (Wildman–Crippen MR) is 275 cm³/mol. The molecule has 68 heavy (non-hydrogen) atoms. The van der Waals surface area contributed by atoms with E-state index in [1.165, 1.54) is 11.1 Å². The number of fused-ring (bicyclic) bond motifs is 6. The Kier molecular flexibility index (Phi) is 9.57. The number of para-hydroxylation sites is 2. The Morgan fingerprint density at radius 2 is 0.735 bits per heavy atom. The number of benzene rings is 9. The van der Waals surface area contributed by atoms with Crippen LogP contribution >= 0.6 is 0 Å². The van der Waals surface area contributed by atoms with E-state index in [2.05, 4.69) is 169 Å². The first-order valence-electron chi connectivity index (χ1n) is 22.5. The molecule has 3 heterocycles. The van der Waals surface area contributed by atoms with Crippen LogP contribution in [0.25, 0.3) is 111 Å². The number of nitrogens with zero attached hydrogens (tertiary/aromatic N) is 7. The lowest BCUT2D eigenvalue weighted by Gasteiger charge is -2.17. The molecular formula is C61H39N7. The molecule has 7 heteroatoms. The Morgan fingerprint density at radius 3 is 1.19 bits per heavy atom. The Labute approximate surface area is 392 Å². The molecule has 7 nitrogen and oxygen atoms in total. The molecule has 0 spiro atoms. The number of rotatable bonds is 7. The predicted octanol–water partition coefficient (Wildman–Crippen LogP) is 14.8. The monoisotopic (exact) mass is 869 g/mol. The summed E-state index contributed by atoms with van der Waals surface area (Å²) in [5, 5.41) is 25.3. The highest BCUT2D eigenvalue weighted by molar-refractivity contribution is 6.12. The maximum absolute atomic E-state index is 10.5. The molecule has 12 rings (SSSR count). The molecule has 12 aromatic rings. The molecule has 0 aliphatic heterocycles. The van der Waals surface area contributed by atoms with E-state index in [-0.39, 0.29) is 0 Å². The van der Waals surface area contributed by atoms with Gasteiger partial charge in [0.1, 0.15) is 0 Å². The van der Waals surface area contributed by atoms with Crippen molar-refractivity contribution in [2.24, 2.45) is 0 Å². The van der Waals surface area contributed by atoms with Crippen LogP contribution in [0, 0.1) is 36.5 Å². The molecular weight excluding hydrogens is 831 g/mol. The van der Waals surface area contributed by atoms with Crippen LogP contribution in [0.5, 0.6) is 0 Å². The molecule has 0 N–H and O–H groups in total. The SMILES string of the molecule is Cc1ccc(-c2ccc3c4ccccc4n(-c4ccc(C#N)cc4-c4nc(-c5ccccc5)nc(-c5cc(C#N)ccc5-n5c6ccccc6c6ccc(-c7ccc(C)cc7)cc65)n4)c3c2)cc1. The smallest absolute Gasteiger partial charge is 0.166 e. The summed E-state index contributed by atoms with van der Waals surface area (Å²) < 4.78 is 4.52. The highest BCUT2D eigenvalue weighted by Crippen LogP contribution is 2.41. The fraction of sp³-hybridized carbons (Fsp3) is 0.0328. The number of aromatic nitrogens is 5. The van der Waals surface area contributed by atoms with Crippen LogP contribution in [0.2, 0.25) is 0 Å². The Morgan fingerprint density at radius 1 is 0.338 bits per heavy atom. The summed E-state index contributed by atoms with van der Waals surface area (Å²) in [6, 6.07) is 73.3. The van der Waals surface area contributed by atoms with Gasteiger partial charge in [-0.15, -0.1) is 0 Å². The van der Waals surface area contributed by atoms with E-state index in [9.17, 15) is 10.5 Å². The second kappa shape index (κ2) is 16.2. The molecule has 0 aliphatic carbocycles. The van der Waals surface area contributed by atoms with E-state index >= 15 is 0 Å². The first-order valence-corrected chi connectivity index (χ1v) is 22.5. The summed E-state index contributed by atoms with van der Waals surface area (Å²) in [4.78, 5) is 15.9. The molecule has 318 valence electrons. The summed E-state index contributed by atoms with van der Waals surface area (Å²) in [6.07, 6.45) is 0. The van der Waals surface area contributed by atoms with Crippen molar-refractivity contribution >= 4 is 43.6 Å². The minimum absolute atomic E-state index is 0.388. The third-order valence-corrected chi connectivity index (χ3v) is 13.0. The Bertz CT molecular complexity index is 3810. The second-order valence-electron chi connectivity index (χ2n) is 17.3. The fourth-order valence-corrected chi connectivity index (χ4v) is 9.60. The van der Waals surface area contributed by atoms with Crippen molar-refractivity contribution in [1.29, 1.82) is 10.5 Å². The van der Waals surface area contributed by atoms with Crippen LogP contribution in [-0.2, 0) is 0 Å². The molecule has 3 aromatic heterocycles. The second-order valence-corrected chi connectivity index (χ2v) is 17.3. The van der Waals surface area contributed by atoms with Gasteiger partial charge in [-0.1, -0.05) is 151 Å². The lowest BCUT2D eigenvalue weighted by Crippen LogP contribution is -2.06. The Hall–Kier alpha value is -9.43. The van der Waals surface area contributed by atoms with Crippen molar-refractivity contribution in [1.82, 2.24) is 24.1 Å². The molecule has 0 saturated carbocycles. The first kappa shape index (κ1) is 40.1. The largest absolute Gasteiger partial charge is 0.308 e. The zero-order chi connectivity index (χ0) is 45.9. The van der Waals surface area contributed by atoms with Gasteiger partial charge in [-0.3, -0.25) is 0 Å². The maximum atomic E-state index is 10.5. The normalized spacial score (nSPS) is 11.4. The zero-order valence-corrected chi connectivity index (χ0v) is 37.2. The van der Waals surface area contributed by atoms with E-state index in [4.69, 9.17) is 15.0 Å². The van der Waals surface area contributed by atoms with Crippen LogP contribution in [0.4, 0.5) is 0 Å². The number of aryl methyl sites for hydroxylation is 2. The van der Waals surface area contributed by atoms with Gasteiger partial charge >= 0.3 is 0 Å². The molecule has 0 saturated heterocycles. The van der Waals surface area contributed by atoms with Gasteiger partial charge in [-0.25, -0.2) is 15.0 Å². The van der Waals surface area contributed by atoms with Crippen LogP contribution in [0.1, 0.15) is 22.3 Å². The highest BCUT2D eigenvalue weighted by atomic mass is 15.1. The highest BCUT2D eigenvalue weighted by Gasteiger charge is 2.23. The van der Waals surface area contributed by atoms with Crippen molar-refractivity contribution < 1.29 is 0 Å². The maximum Gasteiger partial charge on any atom is 0.166 e. The molecule has 0 bridgehead atoms. The number of hydrogen-bond donors (Lipinski definition) is 0. The van der Waals surface area contributed by atoms with Crippen LogP contribution < -0.4 is 0 Å². The van der Waals surface area contributed by atoms with Crippen molar-refractivity contribution in [2.75, 3.05) is 0 Å². The van der Waals surface area contributed by atoms with Gasteiger partial charge in [0.2, 0.25) is 0 Å². The molecule has 9 aromatic carbocycles. The molecule has 0 amide bonds. The third kappa shape index (κ3) is 6.78. The zero-order valence-electron chi connectivity index (χ0n) is 37.2. The summed E-state index contributed by atoms with van der Waals surface area (Å²) in [5.41, 5.74) is 15.5. The van der Waals surface area contributed by atoms with Gasteiger partial charge in [0.05, 0.1) is 56.7 Å². The van der Waals surface area contributed by atoms with E-state index < -0.39 is 0 Å². The lowest BCUT2D eigenvalue weighted by molar-refractivity contribution is 1.06. The van der Waals surface area contributed by atoms with E-state index in [1.807, 2.05) is 66.7 Å². The van der Waals surface area contributed by atoms with Gasteiger partial charge in [0.15, 0.2) is 17.5 Å². The summed E-state index contributed by atoms with van der Waals surface area (Å²) in [7, 11) is 0. The fourth-order valence-electron chi connectivity index (χ4n) is 9.60. The van der Waals surface area contributed by atoms with E-state index in [1.54, 1.807) is 0 Å². The van der Waals surface area contributed by atoms with Gasteiger partial charge in [-0.05, 0) is 96.8 Å². The van der Waals surface area contributed by atoms with Gasteiger partial charge in [0, 0.05) is 38.2 Å². The van der Waals surface area contributed by atoms with Gasteiger partial charge in [0.25, 0.3) is 0 Å². The van der Waals surface area contributed by atoms with Crippen LogP contribution in [-0.4, -0.2) is 24.1 Å². The lowest BCUT2D eigenvalue weighted by atomic mass is 10.0. The molecule has 0 atom stereocenters. The standard InChI is InChI=1S/C61H39N7/c1-38-16-22-42(23-17-38)45-26-28-49-47-12-6-8-14-53(47)67(57(49)34-45)55-30-20-40(36-62)32-51(55)60-64-59(44-10-4-3-5-11-44)65-61(66-60)52-33-41(37-63)21-31-56(52)68-54-15-9-7-13-48(54)50-29-27-46(35-58(50)68)43-24-18-39(2)19-25-43/h3-35H,1-2H3. The van der Waals surface area contributed by atoms with E-state index in [0.717, 1.165) is 82.8 Å². The number of nitriles is 2. The van der Waals surface area contributed by atoms with Crippen molar-refractivity contribution in [2.45, 2.75) is 13.8 Å². The third-order valence-electron chi connectivity index (χ3n) is 13.0. The average molecular weight is 870 g/mol. The number of hydrogen-bond acceptors (Lipinski definition) is 5. The topological polar surface area (TPSA) is 96.1 Å². The minimum Gasteiger partial charge on any atom is -0.308 e. The molecule has 0 aliphatic rings. The van der Waals surface area contributed by atoms with Gasteiger partial charge in [-0.2, -0.15) is 10.5 Å². The summed E-state index contributed by atoms with van der Waals surface area (Å²) >= 11 is 0. The quantitative estimate of drug-likeness (QED) is 0.159. The molecule has 0 fully saturated rings. The van der Waals surface area contributed by atoms with E-state index in [0.29, 0.717) is 39.7 Å². The van der Waals surface area contributed by atoms with Crippen molar-refractivity contribution in [3.8, 4) is 79.9 Å².